The molecule has 4 heterocycles. The zero-order valence-electron chi connectivity index (χ0n) is 23.3. The Morgan fingerprint density at radius 1 is 1.20 bits per heavy atom. The molecular formula is C26H37N9O4S. The summed E-state index contributed by atoms with van der Waals surface area (Å²) in [5, 5.41) is 33.7. The summed E-state index contributed by atoms with van der Waals surface area (Å²) in [7, 11) is 0. The van der Waals surface area contributed by atoms with E-state index in [1.54, 1.807) is 22.0 Å². The van der Waals surface area contributed by atoms with Crippen LogP contribution in [0, 0.1) is 12.8 Å². The smallest absolute Gasteiger partial charge is 0.410 e. The van der Waals surface area contributed by atoms with Crippen molar-refractivity contribution in [3.8, 4) is 0 Å². The van der Waals surface area contributed by atoms with E-state index in [-0.39, 0.29) is 17.9 Å². The first-order chi connectivity index (χ1) is 19.1. The molecule has 40 heavy (non-hydrogen) atoms. The molecule has 216 valence electrons. The third kappa shape index (κ3) is 8.76. The second kappa shape index (κ2) is 13.2. The highest BCUT2D eigenvalue weighted by molar-refractivity contribution is 7.13. The predicted molar refractivity (Wildman–Crippen MR) is 147 cm³/mol. The van der Waals surface area contributed by atoms with Gasteiger partial charge in [-0.05, 0) is 52.2 Å². The number of nitrogens with one attached hydrogen (secondary N) is 2. The quantitative estimate of drug-likeness (QED) is 0.217. The Bertz CT molecular complexity index is 1270. The minimum Gasteiger partial charge on any atom is -0.444 e. The van der Waals surface area contributed by atoms with Crippen LogP contribution in [0.2, 0.25) is 0 Å². The number of aliphatic hydroxyl groups excluding tert-OH is 1. The number of carbonyl (C=O) groups excluding carboxylic acids is 2. The van der Waals surface area contributed by atoms with Gasteiger partial charge in [-0.2, -0.15) is 0 Å². The maximum atomic E-state index is 12.5. The molecule has 1 aliphatic heterocycles. The number of aliphatic hydroxyl groups is 1. The highest BCUT2D eigenvalue weighted by Gasteiger charge is 2.33. The van der Waals surface area contributed by atoms with Crippen LogP contribution >= 0.6 is 11.3 Å². The number of hydrogen-bond donors (Lipinski definition) is 3. The van der Waals surface area contributed by atoms with E-state index in [1.165, 1.54) is 11.3 Å². The average Bonchev–Trinajstić information content (AvgIpc) is 3.54. The van der Waals surface area contributed by atoms with Crippen LogP contribution in [0.4, 0.5) is 4.79 Å². The third-order valence-electron chi connectivity index (χ3n) is 6.16. The van der Waals surface area contributed by atoms with Crippen LogP contribution in [0.3, 0.4) is 0 Å². The van der Waals surface area contributed by atoms with Crippen molar-refractivity contribution in [2.45, 2.75) is 71.9 Å². The van der Waals surface area contributed by atoms with Crippen LogP contribution in [0.15, 0.2) is 24.5 Å². The lowest BCUT2D eigenvalue weighted by atomic mass is 10.0. The Labute approximate surface area is 237 Å². The predicted octanol–water partition coefficient (Wildman–Crippen LogP) is 2.23. The number of nitrogens with zero attached hydrogens (tertiary/aromatic N) is 7. The molecule has 3 aromatic rings. The molecule has 1 atom stereocenters. The lowest BCUT2D eigenvalue weighted by Gasteiger charge is -2.39. The topological polar surface area (TPSA) is 160 Å². The van der Waals surface area contributed by atoms with E-state index < -0.39 is 11.8 Å². The van der Waals surface area contributed by atoms with Gasteiger partial charge in [0.2, 0.25) is 5.01 Å². The van der Waals surface area contributed by atoms with Crippen molar-refractivity contribution in [2.24, 2.45) is 5.92 Å². The van der Waals surface area contributed by atoms with Crippen LogP contribution in [0.25, 0.3) is 0 Å². The summed E-state index contributed by atoms with van der Waals surface area (Å²) < 4.78 is 7.06. The number of pyridine rings is 1. The van der Waals surface area contributed by atoms with Gasteiger partial charge in [-0.25, -0.2) is 4.79 Å². The van der Waals surface area contributed by atoms with Crippen LogP contribution in [0.5, 0.6) is 0 Å². The van der Waals surface area contributed by atoms with E-state index in [4.69, 9.17) is 4.74 Å². The molecule has 0 aliphatic carbocycles. The number of unbranched alkanes of at least 4 members (excludes halogenated alkanes) is 1. The van der Waals surface area contributed by atoms with Crippen LogP contribution < -0.4 is 10.6 Å². The molecule has 4 rings (SSSR count). The first kappa shape index (κ1) is 29.5. The monoisotopic (exact) mass is 571 g/mol. The molecule has 3 aromatic heterocycles. The number of hydrogen-bond acceptors (Lipinski definition) is 11. The fourth-order valence-corrected chi connectivity index (χ4v) is 4.75. The van der Waals surface area contributed by atoms with Crippen LogP contribution in [0.1, 0.15) is 71.6 Å². The lowest BCUT2D eigenvalue weighted by Crippen LogP contribution is -2.54. The standard InChI is InChI=1S/C26H37N9O4S/c1-17-8-9-18(11-27-17)12-28-22(36)20-16-35(33-30-20)10-6-5-7-21-31-32-24(40-21)23(37)29-13-19-14-34(15-19)25(38)39-26(2,3)4/h8-9,11,16,19,22,28,36H,5-7,10,12-15H2,1-4H3,(H,29,37). The van der Waals surface area contributed by atoms with E-state index in [1.807, 2.05) is 39.8 Å². The van der Waals surface area contributed by atoms with Gasteiger partial charge in [0.15, 0.2) is 6.23 Å². The van der Waals surface area contributed by atoms with E-state index in [0.29, 0.717) is 49.8 Å². The number of aryl methyl sites for hydroxylation is 3. The third-order valence-corrected chi connectivity index (χ3v) is 7.14. The Kier molecular flexibility index (Phi) is 9.76. The Balaban J connectivity index is 1.10. The molecule has 2 amide bonds. The molecule has 13 nitrogen and oxygen atoms in total. The molecule has 1 unspecified atom stereocenters. The van der Waals surface area contributed by atoms with Gasteiger partial charge >= 0.3 is 6.09 Å². The number of aromatic nitrogens is 6. The van der Waals surface area contributed by atoms with Crippen molar-refractivity contribution >= 4 is 23.3 Å². The fourth-order valence-electron chi connectivity index (χ4n) is 3.95. The van der Waals surface area contributed by atoms with Gasteiger partial charge in [-0.3, -0.25) is 19.8 Å². The first-order valence-electron chi connectivity index (χ1n) is 13.4. The van der Waals surface area contributed by atoms with Gasteiger partial charge in [0.1, 0.15) is 16.3 Å². The summed E-state index contributed by atoms with van der Waals surface area (Å²) >= 11 is 1.29. The van der Waals surface area contributed by atoms with E-state index in [2.05, 4.69) is 36.1 Å². The Morgan fingerprint density at radius 2 is 2.00 bits per heavy atom. The number of likely N-dealkylation sites (tertiary alicyclic amines) is 1. The summed E-state index contributed by atoms with van der Waals surface area (Å²) in [5.41, 5.74) is 1.85. The minimum atomic E-state index is -0.922. The molecule has 1 saturated heterocycles. The molecule has 14 heteroatoms. The molecular weight excluding hydrogens is 534 g/mol. The van der Waals surface area contributed by atoms with Crippen molar-refractivity contribution in [2.75, 3.05) is 19.6 Å². The largest absolute Gasteiger partial charge is 0.444 e. The Hall–Kier alpha value is -3.49. The minimum absolute atomic E-state index is 0.198. The fraction of sp³-hybridized carbons (Fsp3) is 0.577. The molecule has 0 bridgehead atoms. The van der Waals surface area contributed by atoms with Gasteiger partial charge in [0.05, 0.1) is 6.20 Å². The molecule has 1 aliphatic rings. The van der Waals surface area contributed by atoms with Gasteiger partial charge in [-0.15, -0.1) is 15.3 Å². The molecule has 0 spiro atoms. The van der Waals surface area contributed by atoms with Crippen molar-refractivity contribution in [3.05, 3.63) is 51.5 Å². The van der Waals surface area contributed by atoms with Crippen molar-refractivity contribution < 1.29 is 19.4 Å². The van der Waals surface area contributed by atoms with Crippen molar-refractivity contribution in [1.29, 1.82) is 0 Å². The summed E-state index contributed by atoms with van der Waals surface area (Å²) in [4.78, 5) is 30.4. The maximum absolute atomic E-state index is 12.5. The summed E-state index contributed by atoms with van der Waals surface area (Å²) in [6, 6.07) is 3.89. The SMILES string of the molecule is Cc1ccc(CNC(O)c2cn(CCCCc3nnc(C(=O)NCC4CN(C(=O)OC(C)(C)C)C4)s3)nn2)cn1. The van der Waals surface area contributed by atoms with Gasteiger partial charge < -0.3 is 20.1 Å². The summed E-state index contributed by atoms with van der Waals surface area (Å²) in [6.45, 7) is 10.1. The van der Waals surface area contributed by atoms with Crippen LogP contribution in [-0.2, 0) is 24.2 Å². The second-order valence-electron chi connectivity index (χ2n) is 10.9. The van der Waals surface area contributed by atoms with Crippen LogP contribution in [-0.4, -0.2) is 77.4 Å². The van der Waals surface area contributed by atoms with E-state index in [0.717, 1.165) is 29.1 Å². The van der Waals surface area contributed by atoms with Gasteiger partial charge in [0.25, 0.3) is 5.91 Å². The number of rotatable bonds is 12. The number of ether oxygens (including phenoxy) is 1. The zero-order chi connectivity index (χ0) is 28.7. The van der Waals surface area contributed by atoms with E-state index in [9.17, 15) is 14.7 Å². The molecule has 0 radical (unpaired) electrons. The number of carbonyl (C=O) groups is 2. The molecule has 0 aromatic carbocycles. The van der Waals surface area contributed by atoms with Crippen molar-refractivity contribution in [3.63, 3.8) is 0 Å². The Morgan fingerprint density at radius 3 is 2.73 bits per heavy atom. The zero-order valence-corrected chi connectivity index (χ0v) is 24.1. The van der Waals surface area contributed by atoms with Gasteiger partial charge in [-0.1, -0.05) is 22.6 Å². The molecule has 1 fully saturated rings. The molecule has 0 saturated carbocycles. The highest BCUT2D eigenvalue weighted by atomic mass is 32.1. The first-order valence-corrected chi connectivity index (χ1v) is 14.2. The van der Waals surface area contributed by atoms with Gasteiger partial charge in [0, 0.05) is 57.0 Å². The second-order valence-corrected chi connectivity index (χ2v) is 12.0. The highest BCUT2D eigenvalue weighted by Crippen LogP contribution is 2.19. The maximum Gasteiger partial charge on any atom is 0.410 e. The molecule has 3 N–H and O–H groups in total. The average molecular weight is 572 g/mol. The summed E-state index contributed by atoms with van der Waals surface area (Å²) in [6.07, 6.45) is 4.64. The van der Waals surface area contributed by atoms with E-state index >= 15 is 0 Å². The van der Waals surface area contributed by atoms with Crippen molar-refractivity contribution in [1.82, 2.24) is 45.7 Å². The summed E-state index contributed by atoms with van der Waals surface area (Å²) in [5.74, 6) is -0.0519. The lowest BCUT2D eigenvalue weighted by molar-refractivity contribution is -0.000538. The normalized spacial score (nSPS) is 14.6. The number of amides is 2.